The lowest BCUT2D eigenvalue weighted by molar-refractivity contribution is -0.384. The highest BCUT2D eigenvalue weighted by Gasteiger charge is 2.20. The van der Waals surface area contributed by atoms with E-state index >= 15 is 0 Å². The number of benzene rings is 1. The van der Waals surface area contributed by atoms with Gasteiger partial charge in [-0.15, -0.1) is 0 Å². The lowest BCUT2D eigenvalue weighted by Crippen LogP contribution is -2.38. The van der Waals surface area contributed by atoms with Crippen molar-refractivity contribution in [2.75, 3.05) is 13.1 Å². The molecular weight excluding hydrogens is 306 g/mol. The first-order valence-electron chi connectivity index (χ1n) is 5.95. The fourth-order valence-corrected chi connectivity index (χ4v) is 3.22. The normalized spacial score (nSPS) is 13.2. The van der Waals surface area contributed by atoms with Gasteiger partial charge in [-0.25, -0.2) is 13.1 Å². The highest BCUT2D eigenvalue weighted by atomic mass is 35.5. The Labute approximate surface area is 122 Å². The lowest BCUT2D eigenvalue weighted by Gasteiger charge is -2.14. The second kappa shape index (κ2) is 6.98. The fourth-order valence-electron chi connectivity index (χ4n) is 1.55. The Morgan fingerprint density at radius 1 is 1.45 bits per heavy atom. The molecule has 1 aromatic carbocycles. The second-order valence-corrected chi connectivity index (χ2v) is 6.33. The molecule has 1 atom stereocenters. The van der Waals surface area contributed by atoms with Crippen molar-refractivity contribution in [3.05, 3.63) is 33.3 Å². The van der Waals surface area contributed by atoms with Crippen molar-refractivity contribution in [3.8, 4) is 0 Å². The summed E-state index contributed by atoms with van der Waals surface area (Å²) in [5.41, 5.74) is -0.255. The van der Waals surface area contributed by atoms with Crippen LogP contribution in [0.5, 0.6) is 0 Å². The van der Waals surface area contributed by atoms with E-state index in [-0.39, 0.29) is 28.2 Å². The van der Waals surface area contributed by atoms with Crippen LogP contribution in [-0.4, -0.2) is 32.5 Å². The minimum absolute atomic E-state index is 0.0356. The molecule has 0 bridgehead atoms. The van der Waals surface area contributed by atoms with Crippen LogP contribution in [0.3, 0.4) is 0 Å². The van der Waals surface area contributed by atoms with Gasteiger partial charge in [0.05, 0.1) is 9.95 Å². The maximum Gasteiger partial charge on any atom is 0.271 e. The molecule has 0 unspecified atom stereocenters. The number of hydrogen-bond acceptors (Lipinski definition) is 5. The van der Waals surface area contributed by atoms with E-state index in [1.807, 2.05) is 13.8 Å². The number of nitro benzene ring substituents is 1. The van der Waals surface area contributed by atoms with Gasteiger partial charge in [-0.3, -0.25) is 10.1 Å². The molecule has 7 nitrogen and oxygen atoms in total. The van der Waals surface area contributed by atoms with Gasteiger partial charge in [-0.05, 0) is 19.5 Å². The number of halogens is 1. The summed E-state index contributed by atoms with van der Waals surface area (Å²) in [7, 11) is -3.79. The van der Waals surface area contributed by atoms with Gasteiger partial charge in [0.1, 0.15) is 4.90 Å². The molecule has 0 aliphatic rings. The summed E-state index contributed by atoms with van der Waals surface area (Å²) in [4.78, 5) is 9.77. The standard InChI is InChI=1S/C11H16ClN3O4S/c1-3-13-8(2)7-14-20(18,19)11-5-4-9(15(16)17)6-10(11)12/h4-6,8,13-14H,3,7H2,1-2H3/t8-/m1/s1. The Morgan fingerprint density at radius 2 is 2.10 bits per heavy atom. The van der Waals surface area contributed by atoms with Crippen molar-refractivity contribution in [2.45, 2.75) is 24.8 Å². The van der Waals surface area contributed by atoms with E-state index in [4.69, 9.17) is 11.6 Å². The smallest absolute Gasteiger partial charge is 0.271 e. The van der Waals surface area contributed by atoms with Gasteiger partial charge in [0.25, 0.3) is 5.69 Å². The van der Waals surface area contributed by atoms with E-state index in [1.54, 1.807) is 0 Å². The average Bonchev–Trinajstić information content (AvgIpc) is 2.36. The number of likely N-dealkylation sites (N-methyl/N-ethyl adjacent to an activating group) is 1. The number of hydrogen-bond donors (Lipinski definition) is 2. The Morgan fingerprint density at radius 3 is 2.60 bits per heavy atom. The zero-order valence-corrected chi connectivity index (χ0v) is 12.7. The van der Waals surface area contributed by atoms with Crippen LogP contribution in [0.1, 0.15) is 13.8 Å². The van der Waals surface area contributed by atoms with Crippen LogP contribution in [0.25, 0.3) is 0 Å². The van der Waals surface area contributed by atoms with E-state index in [0.29, 0.717) is 0 Å². The predicted octanol–water partition coefficient (Wildman–Crippen LogP) is 1.52. The van der Waals surface area contributed by atoms with Gasteiger partial charge in [0.2, 0.25) is 10.0 Å². The molecule has 1 aromatic rings. The lowest BCUT2D eigenvalue weighted by atomic mass is 10.3. The predicted molar refractivity (Wildman–Crippen MR) is 76.4 cm³/mol. The van der Waals surface area contributed by atoms with Crippen LogP contribution >= 0.6 is 11.6 Å². The first kappa shape index (κ1) is 16.8. The van der Waals surface area contributed by atoms with Gasteiger partial charge in [-0.1, -0.05) is 18.5 Å². The Kier molecular flexibility index (Phi) is 5.88. The van der Waals surface area contributed by atoms with Gasteiger partial charge in [-0.2, -0.15) is 0 Å². The summed E-state index contributed by atoms with van der Waals surface area (Å²) >= 11 is 5.80. The van der Waals surface area contributed by atoms with E-state index in [9.17, 15) is 18.5 Å². The second-order valence-electron chi connectivity index (χ2n) is 4.18. The van der Waals surface area contributed by atoms with Gasteiger partial charge < -0.3 is 5.32 Å². The minimum Gasteiger partial charge on any atom is -0.313 e. The third kappa shape index (κ3) is 4.41. The third-order valence-corrected chi connectivity index (χ3v) is 4.45. The highest BCUT2D eigenvalue weighted by molar-refractivity contribution is 7.89. The molecule has 0 radical (unpaired) electrons. The van der Waals surface area contributed by atoms with Crippen LogP contribution in [0.4, 0.5) is 5.69 Å². The molecule has 0 heterocycles. The average molecular weight is 322 g/mol. The van der Waals surface area contributed by atoms with Crippen LogP contribution in [0.15, 0.2) is 23.1 Å². The molecule has 0 aliphatic carbocycles. The van der Waals surface area contributed by atoms with E-state index in [2.05, 4.69) is 10.0 Å². The number of sulfonamides is 1. The maximum atomic E-state index is 12.0. The van der Waals surface area contributed by atoms with Crippen LogP contribution in [0.2, 0.25) is 5.02 Å². The Hall–Kier alpha value is -1.22. The molecule has 0 saturated heterocycles. The quantitative estimate of drug-likeness (QED) is 0.585. The van der Waals surface area contributed by atoms with Crippen LogP contribution < -0.4 is 10.0 Å². The van der Waals surface area contributed by atoms with E-state index in [1.165, 1.54) is 0 Å². The summed E-state index contributed by atoms with van der Waals surface area (Å²) in [5.74, 6) is 0. The molecule has 0 fully saturated rings. The molecule has 2 N–H and O–H groups in total. The summed E-state index contributed by atoms with van der Waals surface area (Å²) in [5, 5.41) is 13.5. The van der Waals surface area contributed by atoms with Gasteiger partial charge in [0.15, 0.2) is 0 Å². The highest BCUT2D eigenvalue weighted by Crippen LogP contribution is 2.25. The number of non-ortho nitro benzene ring substituents is 1. The molecule has 1 rings (SSSR count). The number of nitrogens with zero attached hydrogens (tertiary/aromatic N) is 1. The topological polar surface area (TPSA) is 101 Å². The fraction of sp³-hybridized carbons (Fsp3) is 0.455. The van der Waals surface area contributed by atoms with Crippen molar-refractivity contribution in [2.24, 2.45) is 0 Å². The third-order valence-electron chi connectivity index (χ3n) is 2.55. The molecule has 0 saturated carbocycles. The van der Waals surface area contributed by atoms with Crippen molar-refractivity contribution >= 4 is 27.3 Å². The van der Waals surface area contributed by atoms with Gasteiger partial charge >= 0.3 is 0 Å². The van der Waals surface area contributed by atoms with Crippen molar-refractivity contribution in [3.63, 3.8) is 0 Å². The largest absolute Gasteiger partial charge is 0.313 e. The first-order chi connectivity index (χ1) is 9.27. The Balaban J connectivity index is 2.90. The van der Waals surface area contributed by atoms with Crippen molar-refractivity contribution in [1.29, 1.82) is 0 Å². The molecule has 0 aliphatic heterocycles. The zero-order valence-electron chi connectivity index (χ0n) is 11.1. The van der Waals surface area contributed by atoms with Gasteiger partial charge in [0, 0.05) is 24.7 Å². The number of nitro groups is 1. The van der Waals surface area contributed by atoms with E-state index in [0.717, 1.165) is 24.7 Å². The minimum atomic E-state index is -3.79. The monoisotopic (exact) mass is 321 g/mol. The molecule has 0 spiro atoms. The van der Waals surface area contributed by atoms with E-state index < -0.39 is 14.9 Å². The summed E-state index contributed by atoms with van der Waals surface area (Å²) in [6, 6.07) is 3.21. The SMILES string of the molecule is CCN[C@H](C)CNS(=O)(=O)c1ccc([N+](=O)[O-])cc1Cl. The maximum absolute atomic E-state index is 12.0. The molecular formula is C11H16ClN3O4S. The Bertz CT molecular complexity index is 591. The molecule has 20 heavy (non-hydrogen) atoms. The van der Waals surface area contributed by atoms with Crippen molar-refractivity contribution in [1.82, 2.24) is 10.0 Å². The molecule has 0 amide bonds. The number of nitrogens with one attached hydrogen (secondary N) is 2. The van der Waals surface area contributed by atoms with Crippen LogP contribution in [0, 0.1) is 10.1 Å². The molecule has 0 aromatic heterocycles. The summed E-state index contributed by atoms with van der Waals surface area (Å²) in [6.45, 7) is 4.67. The van der Waals surface area contributed by atoms with Crippen LogP contribution in [-0.2, 0) is 10.0 Å². The van der Waals surface area contributed by atoms with Crippen molar-refractivity contribution < 1.29 is 13.3 Å². The first-order valence-corrected chi connectivity index (χ1v) is 7.81. The molecule has 112 valence electrons. The summed E-state index contributed by atoms with van der Waals surface area (Å²) < 4.78 is 26.5. The number of rotatable bonds is 7. The molecule has 9 heteroatoms. The zero-order chi connectivity index (χ0) is 15.3. The summed E-state index contributed by atoms with van der Waals surface area (Å²) in [6.07, 6.45) is 0.